The van der Waals surface area contributed by atoms with E-state index < -0.39 is 23.5 Å². The van der Waals surface area contributed by atoms with Gasteiger partial charge in [-0.3, -0.25) is 9.69 Å². The molecule has 0 spiro atoms. The van der Waals surface area contributed by atoms with Gasteiger partial charge in [-0.1, -0.05) is 29.8 Å². The minimum atomic E-state index is -1.26. The molecule has 1 heterocycles. The van der Waals surface area contributed by atoms with Crippen LogP contribution in [0.2, 0.25) is 5.02 Å². The summed E-state index contributed by atoms with van der Waals surface area (Å²) < 4.78 is 45.9. The van der Waals surface area contributed by atoms with Gasteiger partial charge in [-0.15, -0.1) is 0 Å². The molecule has 0 aromatic heterocycles. The zero-order valence-corrected chi connectivity index (χ0v) is 18.6. The number of ether oxygens (including phenoxy) is 1. The molecule has 0 bridgehead atoms. The van der Waals surface area contributed by atoms with E-state index in [1.165, 1.54) is 0 Å². The molecule has 2 atom stereocenters. The van der Waals surface area contributed by atoms with Crippen molar-refractivity contribution < 1.29 is 22.7 Å². The number of rotatable bonds is 8. The van der Waals surface area contributed by atoms with E-state index in [1.807, 2.05) is 24.3 Å². The molecule has 174 valence electrons. The van der Waals surface area contributed by atoms with Crippen molar-refractivity contribution in [2.24, 2.45) is 5.73 Å². The van der Waals surface area contributed by atoms with Crippen molar-refractivity contribution in [2.75, 3.05) is 39.9 Å². The van der Waals surface area contributed by atoms with Crippen LogP contribution in [0, 0.1) is 17.5 Å². The molecule has 0 radical (unpaired) electrons. The maximum Gasteiger partial charge on any atom is 0.223 e. The van der Waals surface area contributed by atoms with E-state index in [4.69, 9.17) is 22.1 Å². The van der Waals surface area contributed by atoms with Crippen molar-refractivity contribution in [3.8, 4) is 0 Å². The fourth-order valence-electron chi connectivity index (χ4n) is 3.86. The van der Waals surface area contributed by atoms with E-state index in [2.05, 4.69) is 4.90 Å². The quantitative estimate of drug-likeness (QED) is 0.601. The number of carbonyl (C=O) groups excluding carboxylic acids is 1. The number of hydrogen-bond acceptors (Lipinski definition) is 4. The molecule has 1 aliphatic rings. The minimum Gasteiger partial charge on any atom is -0.379 e. The van der Waals surface area contributed by atoms with E-state index in [0.717, 1.165) is 11.6 Å². The first-order valence-electron chi connectivity index (χ1n) is 10.5. The second-order valence-corrected chi connectivity index (χ2v) is 8.39. The number of morpholine rings is 1. The Morgan fingerprint density at radius 3 is 2.50 bits per heavy atom. The minimum absolute atomic E-state index is 0.0610. The molecule has 9 heteroatoms. The van der Waals surface area contributed by atoms with Gasteiger partial charge in [0.25, 0.3) is 0 Å². The van der Waals surface area contributed by atoms with Crippen molar-refractivity contribution in [3.63, 3.8) is 0 Å². The molecule has 2 aromatic rings. The molecule has 32 heavy (non-hydrogen) atoms. The maximum atomic E-state index is 13.9. The lowest BCUT2D eigenvalue weighted by Crippen LogP contribution is -2.45. The molecule has 0 saturated carbocycles. The number of nitrogens with zero attached hydrogens (tertiary/aromatic N) is 2. The standard InChI is InChI=1S/C23H27ClF3N3O2/c1-29(23(31)12-16(28)10-15-11-20(26)21(27)13-19(15)25)14-22(30-6-8-32-9-7-30)17-4-2-3-5-18(17)24/h2-5,11,13,16,22H,6-10,12,14,28H2,1H3/t16-,22-/m1/s1. The van der Waals surface area contributed by atoms with Crippen LogP contribution >= 0.6 is 11.6 Å². The smallest absolute Gasteiger partial charge is 0.223 e. The van der Waals surface area contributed by atoms with E-state index in [-0.39, 0.29) is 30.4 Å². The van der Waals surface area contributed by atoms with Crippen LogP contribution in [0.25, 0.3) is 0 Å². The maximum absolute atomic E-state index is 13.9. The summed E-state index contributed by atoms with van der Waals surface area (Å²) in [6.07, 6.45) is -0.146. The largest absolute Gasteiger partial charge is 0.379 e. The summed E-state index contributed by atoms with van der Waals surface area (Å²) in [5.74, 6) is -3.52. The average molecular weight is 470 g/mol. The van der Waals surface area contributed by atoms with Crippen LogP contribution in [-0.4, -0.2) is 61.6 Å². The van der Waals surface area contributed by atoms with Crippen LogP contribution in [0.3, 0.4) is 0 Å². The summed E-state index contributed by atoms with van der Waals surface area (Å²) in [5, 5.41) is 0.621. The summed E-state index contributed by atoms with van der Waals surface area (Å²) in [5.41, 5.74) is 6.89. The SMILES string of the molecule is CN(C[C@H](c1ccccc1Cl)N1CCOCC1)C(=O)C[C@H](N)Cc1cc(F)c(F)cc1F. The highest BCUT2D eigenvalue weighted by Gasteiger charge is 2.27. The lowest BCUT2D eigenvalue weighted by atomic mass is 10.0. The zero-order valence-electron chi connectivity index (χ0n) is 17.9. The van der Waals surface area contributed by atoms with Gasteiger partial charge in [-0.05, 0) is 29.7 Å². The number of amides is 1. The molecule has 5 nitrogen and oxygen atoms in total. The number of likely N-dealkylation sites (N-methyl/N-ethyl adjacent to an activating group) is 1. The Bertz CT molecular complexity index is 941. The third-order valence-corrected chi connectivity index (χ3v) is 5.98. The number of benzene rings is 2. The van der Waals surface area contributed by atoms with Crippen LogP contribution in [-0.2, 0) is 16.0 Å². The Hall–Kier alpha value is -2.13. The van der Waals surface area contributed by atoms with Gasteiger partial charge in [0.2, 0.25) is 5.91 Å². The second-order valence-electron chi connectivity index (χ2n) is 7.99. The number of carbonyl (C=O) groups is 1. The molecular formula is C23H27ClF3N3O2. The van der Waals surface area contributed by atoms with Gasteiger partial charge >= 0.3 is 0 Å². The van der Waals surface area contributed by atoms with Gasteiger partial charge in [-0.25, -0.2) is 13.2 Å². The monoisotopic (exact) mass is 469 g/mol. The normalized spacial score (nSPS) is 16.6. The van der Waals surface area contributed by atoms with Crippen molar-refractivity contribution in [2.45, 2.75) is 24.9 Å². The zero-order chi connectivity index (χ0) is 23.3. The van der Waals surface area contributed by atoms with E-state index in [9.17, 15) is 18.0 Å². The van der Waals surface area contributed by atoms with E-state index in [0.29, 0.717) is 43.9 Å². The van der Waals surface area contributed by atoms with Crippen molar-refractivity contribution in [1.82, 2.24) is 9.80 Å². The molecule has 1 aliphatic heterocycles. The van der Waals surface area contributed by atoms with Crippen molar-refractivity contribution in [1.29, 1.82) is 0 Å². The van der Waals surface area contributed by atoms with E-state index in [1.54, 1.807) is 11.9 Å². The Kier molecular flexibility index (Phi) is 8.53. The molecule has 0 unspecified atom stereocenters. The number of hydrogen-bond donors (Lipinski definition) is 1. The number of halogens is 4. The van der Waals surface area contributed by atoms with E-state index >= 15 is 0 Å². The van der Waals surface area contributed by atoms with Crippen LogP contribution in [0.1, 0.15) is 23.6 Å². The highest BCUT2D eigenvalue weighted by Crippen LogP contribution is 2.29. The molecule has 2 aromatic carbocycles. The molecule has 0 aliphatic carbocycles. The Morgan fingerprint density at radius 2 is 1.81 bits per heavy atom. The second kappa shape index (κ2) is 11.1. The Labute approximate surface area is 190 Å². The van der Waals surface area contributed by atoms with Crippen LogP contribution in [0.15, 0.2) is 36.4 Å². The molecular weight excluding hydrogens is 443 g/mol. The summed E-state index contributed by atoms with van der Waals surface area (Å²) in [6.45, 7) is 3.01. The summed E-state index contributed by atoms with van der Waals surface area (Å²) in [6, 6.07) is 7.92. The van der Waals surface area contributed by atoms with Crippen molar-refractivity contribution >= 4 is 17.5 Å². The van der Waals surface area contributed by atoms with Crippen LogP contribution in [0.4, 0.5) is 13.2 Å². The first kappa shape index (κ1) is 24.5. The van der Waals surface area contributed by atoms with Crippen LogP contribution < -0.4 is 5.73 Å². The summed E-state index contributed by atoms with van der Waals surface area (Å²) >= 11 is 6.44. The Balaban J connectivity index is 1.66. The predicted octanol–water partition coefficient (Wildman–Crippen LogP) is 3.55. The third kappa shape index (κ3) is 6.22. The predicted molar refractivity (Wildman–Crippen MR) is 117 cm³/mol. The van der Waals surface area contributed by atoms with Gasteiger partial charge in [0.05, 0.1) is 19.3 Å². The number of nitrogens with two attached hydrogens (primary N) is 1. The molecule has 1 saturated heterocycles. The van der Waals surface area contributed by atoms with Crippen molar-refractivity contribution in [3.05, 3.63) is 70.0 Å². The fourth-order valence-corrected chi connectivity index (χ4v) is 4.12. The average Bonchev–Trinajstić information content (AvgIpc) is 2.76. The van der Waals surface area contributed by atoms with Gasteiger partial charge < -0.3 is 15.4 Å². The summed E-state index contributed by atoms with van der Waals surface area (Å²) in [7, 11) is 1.68. The van der Waals surface area contributed by atoms with Gasteiger partial charge in [0.1, 0.15) is 5.82 Å². The lowest BCUT2D eigenvalue weighted by molar-refractivity contribution is -0.131. The van der Waals surface area contributed by atoms with Gasteiger partial charge in [-0.2, -0.15) is 0 Å². The third-order valence-electron chi connectivity index (χ3n) is 5.63. The molecule has 2 N–H and O–H groups in total. The highest BCUT2D eigenvalue weighted by atomic mass is 35.5. The van der Waals surface area contributed by atoms with Crippen LogP contribution in [0.5, 0.6) is 0 Å². The Morgan fingerprint density at radius 1 is 1.16 bits per heavy atom. The van der Waals surface area contributed by atoms with Gasteiger partial charge in [0.15, 0.2) is 11.6 Å². The van der Waals surface area contributed by atoms with Gasteiger partial charge in [0, 0.05) is 50.2 Å². The molecule has 3 rings (SSSR count). The summed E-state index contributed by atoms with van der Waals surface area (Å²) in [4.78, 5) is 16.6. The highest BCUT2D eigenvalue weighted by molar-refractivity contribution is 6.31. The first-order chi connectivity index (χ1) is 15.3. The molecule has 1 fully saturated rings. The lowest BCUT2D eigenvalue weighted by Gasteiger charge is -2.37. The molecule has 1 amide bonds. The fraction of sp³-hybridized carbons (Fsp3) is 0.435. The first-order valence-corrected chi connectivity index (χ1v) is 10.8. The topological polar surface area (TPSA) is 58.8 Å².